The summed E-state index contributed by atoms with van der Waals surface area (Å²) >= 11 is 0. The molecule has 0 heterocycles. The van der Waals surface area contributed by atoms with Gasteiger partial charge in [-0.3, -0.25) is 9.59 Å². The third-order valence-electron chi connectivity index (χ3n) is 11.9. The molecule has 6 nitrogen and oxygen atoms in total. The Kier molecular flexibility index (Phi) is 47.6. The number of aliphatic hydroxyl groups excluding tert-OH is 2. The molecule has 0 aromatic rings. The summed E-state index contributed by atoms with van der Waals surface area (Å²) < 4.78 is 5.91. The molecular weight excluding hydrogens is 767 g/mol. The second-order valence-electron chi connectivity index (χ2n) is 17.9. The Morgan fingerprint density at radius 3 is 1.29 bits per heavy atom. The van der Waals surface area contributed by atoms with Gasteiger partial charge in [0.1, 0.15) is 6.10 Å². The van der Waals surface area contributed by atoms with Crippen molar-refractivity contribution in [2.24, 2.45) is 0 Å². The molecule has 0 rings (SSSR count). The highest BCUT2D eigenvalue weighted by molar-refractivity contribution is 5.77. The number of carbonyl (C=O) groups is 2. The van der Waals surface area contributed by atoms with Crippen LogP contribution in [0.25, 0.3) is 0 Å². The van der Waals surface area contributed by atoms with E-state index in [2.05, 4.69) is 86.8 Å². The van der Waals surface area contributed by atoms with Crippen molar-refractivity contribution in [2.45, 2.75) is 277 Å². The number of carbonyl (C=O) groups excluding carboxylic acids is 2. The van der Waals surface area contributed by atoms with Gasteiger partial charge in [-0.2, -0.15) is 0 Å². The quantitative estimate of drug-likeness (QED) is 0.0322. The van der Waals surface area contributed by atoms with E-state index in [4.69, 9.17) is 4.74 Å². The standard InChI is InChI=1S/C56H101NO5/c1-4-7-10-13-16-19-21-23-25-27-29-31-33-36-38-41-44-47-52(50-55(60)57-53(51-58)54(59)48-45-42-39-35-18-15-12-9-6-3)62-56(61)49-46-43-40-37-34-32-30-28-26-24-22-20-17-14-11-8-5-2/h7,10,16,19,23,25,29,31,36,38,52-54,58-59H,4-6,8-9,11-15,17-18,20-22,24,26-28,30,32-35,37,39-51H2,1-3H3,(H,57,60)/b10-7-,19-16-,25-23-,31-29-,38-36-. The fraction of sp³-hybridized carbons (Fsp3) is 0.786. The number of nitrogens with one attached hydrogen (secondary N) is 1. The molecule has 0 aromatic carbocycles. The highest BCUT2D eigenvalue weighted by Crippen LogP contribution is 2.17. The Morgan fingerprint density at radius 1 is 0.484 bits per heavy atom. The number of rotatable bonds is 47. The van der Waals surface area contributed by atoms with Crippen molar-refractivity contribution in [1.82, 2.24) is 5.32 Å². The first-order valence-electron chi connectivity index (χ1n) is 26.5. The number of allylic oxidation sites excluding steroid dienone is 10. The van der Waals surface area contributed by atoms with Crippen LogP contribution in [0.15, 0.2) is 60.8 Å². The minimum absolute atomic E-state index is 0.0394. The van der Waals surface area contributed by atoms with Crippen LogP contribution in [-0.4, -0.2) is 46.9 Å². The molecule has 0 saturated carbocycles. The normalized spacial score (nSPS) is 13.7. The van der Waals surface area contributed by atoms with Crippen LogP contribution in [-0.2, 0) is 14.3 Å². The fourth-order valence-electron chi connectivity index (χ4n) is 7.87. The third kappa shape index (κ3) is 44.2. The van der Waals surface area contributed by atoms with Crippen LogP contribution in [0.4, 0.5) is 0 Å². The lowest BCUT2D eigenvalue weighted by Gasteiger charge is -2.24. The van der Waals surface area contributed by atoms with Crippen molar-refractivity contribution in [3.05, 3.63) is 60.8 Å². The van der Waals surface area contributed by atoms with Crippen molar-refractivity contribution in [1.29, 1.82) is 0 Å². The molecule has 3 atom stereocenters. The Hall–Kier alpha value is -2.44. The van der Waals surface area contributed by atoms with Crippen LogP contribution in [0.5, 0.6) is 0 Å². The molecule has 6 heteroatoms. The molecule has 0 radical (unpaired) electrons. The first-order chi connectivity index (χ1) is 30.5. The smallest absolute Gasteiger partial charge is 0.306 e. The van der Waals surface area contributed by atoms with E-state index >= 15 is 0 Å². The molecular formula is C56H101NO5. The topological polar surface area (TPSA) is 95.9 Å². The van der Waals surface area contributed by atoms with Crippen LogP contribution in [0.2, 0.25) is 0 Å². The highest BCUT2D eigenvalue weighted by atomic mass is 16.5. The number of ether oxygens (including phenoxy) is 1. The summed E-state index contributed by atoms with van der Waals surface area (Å²) in [4.78, 5) is 26.1. The van der Waals surface area contributed by atoms with Crippen LogP contribution < -0.4 is 5.32 Å². The van der Waals surface area contributed by atoms with Gasteiger partial charge < -0.3 is 20.3 Å². The Labute approximate surface area is 384 Å². The number of aliphatic hydroxyl groups is 2. The van der Waals surface area contributed by atoms with Gasteiger partial charge in [0, 0.05) is 6.42 Å². The van der Waals surface area contributed by atoms with Gasteiger partial charge in [0.25, 0.3) is 0 Å². The van der Waals surface area contributed by atoms with Gasteiger partial charge in [-0.25, -0.2) is 0 Å². The van der Waals surface area contributed by atoms with Crippen molar-refractivity contribution in [2.75, 3.05) is 6.61 Å². The molecule has 0 aliphatic rings. The lowest BCUT2D eigenvalue weighted by atomic mass is 10.0. The molecule has 0 bridgehead atoms. The summed E-state index contributed by atoms with van der Waals surface area (Å²) in [6.07, 6.45) is 61.5. The summed E-state index contributed by atoms with van der Waals surface area (Å²) in [5, 5.41) is 23.7. The second-order valence-corrected chi connectivity index (χ2v) is 17.9. The number of unbranched alkanes of at least 4 members (excludes halogenated alkanes) is 25. The van der Waals surface area contributed by atoms with Gasteiger partial charge in [0.05, 0.1) is 25.2 Å². The van der Waals surface area contributed by atoms with Crippen molar-refractivity contribution in [3.63, 3.8) is 0 Å². The summed E-state index contributed by atoms with van der Waals surface area (Å²) in [6, 6.07) is -0.718. The summed E-state index contributed by atoms with van der Waals surface area (Å²) in [5.74, 6) is -0.525. The number of hydrogen-bond donors (Lipinski definition) is 3. The zero-order valence-electron chi connectivity index (χ0n) is 41.0. The van der Waals surface area contributed by atoms with Gasteiger partial charge in [-0.1, -0.05) is 242 Å². The van der Waals surface area contributed by atoms with Gasteiger partial charge in [0.15, 0.2) is 0 Å². The summed E-state index contributed by atoms with van der Waals surface area (Å²) in [6.45, 7) is 6.35. The molecule has 360 valence electrons. The molecule has 3 unspecified atom stereocenters. The average Bonchev–Trinajstić information content (AvgIpc) is 3.26. The van der Waals surface area contributed by atoms with Crippen molar-refractivity contribution >= 4 is 11.9 Å². The maximum absolute atomic E-state index is 13.2. The number of esters is 1. The maximum atomic E-state index is 13.2. The third-order valence-corrected chi connectivity index (χ3v) is 11.9. The van der Waals surface area contributed by atoms with E-state index in [1.807, 2.05) is 0 Å². The predicted molar refractivity (Wildman–Crippen MR) is 268 cm³/mol. The largest absolute Gasteiger partial charge is 0.462 e. The van der Waals surface area contributed by atoms with Crippen molar-refractivity contribution in [3.8, 4) is 0 Å². The summed E-state index contributed by atoms with van der Waals surface area (Å²) in [5.41, 5.74) is 0. The zero-order valence-corrected chi connectivity index (χ0v) is 41.0. The average molecular weight is 868 g/mol. The lowest BCUT2D eigenvalue weighted by molar-refractivity contribution is -0.151. The fourth-order valence-corrected chi connectivity index (χ4v) is 7.87. The minimum Gasteiger partial charge on any atom is -0.462 e. The van der Waals surface area contributed by atoms with Crippen molar-refractivity contribution < 1.29 is 24.5 Å². The lowest BCUT2D eigenvalue weighted by Crippen LogP contribution is -2.46. The molecule has 0 saturated heterocycles. The SMILES string of the molecule is CC/C=C\C/C=C\C/C=C\C/C=C\C/C=C\CCCC(CC(=O)NC(CO)C(O)CCCCCCCCCCC)OC(=O)CCCCCCCCCCCCCCCCCCC. The summed E-state index contributed by atoms with van der Waals surface area (Å²) in [7, 11) is 0. The van der Waals surface area contributed by atoms with E-state index in [0.717, 1.165) is 83.5 Å². The van der Waals surface area contributed by atoms with Crippen LogP contribution >= 0.6 is 0 Å². The molecule has 0 spiro atoms. The highest BCUT2D eigenvalue weighted by Gasteiger charge is 2.24. The molecule has 0 aliphatic carbocycles. The first-order valence-corrected chi connectivity index (χ1v) is 26.5. The van der Waals surface area contributed by atoms with E-state index in [9.17, 15) is 19.8 Å². The van der Waals surface area contributed by atoms with Crippen LogP contribution in [0.3, 0.4) is 0 Å². The molecule has 62 heavy (non-hydrogen) atoms. The number of amides is 1. The number of hydrogen-bond acceptors (Lipinski definition) is 5. The first kappa shape index (κ1) is 59.6. The van der Waals surface area contributed by atoms with E-state index in [1.165, 1.54) is 128 Å². The van der Waals surface area contributed by atoms with Crippen LogP contribution in [0.1, 0.15) is 258 Å². The van der Waals surface area contributed by atoms with E-state index in [1.54, 1.807) is 0 Å². The van der Waals surface area contributed by atoms with Gasteiger partial charge in [-0.15, -0.1) is 0 Å². The van der Waals surface area contributed by atoms with E-state index in [0.29, 0.717) is 19.3 Å². The monoisotopic (exact) mass is 868 g/mol. The second kappa shape index (κ2) is 49.6. The Bertz CT molecular complexity index is 1110. The van der Waals surface area contributed by atoms with E-state index in [-0.39, 0.29) is 24.9 Å². The minimum atomic E-state index is -0.801. The van der Waals surface area contributed by atoms with Crippen LogP contribution in [0, 0.1) is 0 Å². The Balaban J connectivity index is 4.64. The molecule has 0 aromatic heterocycles. The van der Waals surface area contributed by atoms with Gasteiger partial charge >= 0.3 is 5.97 Å². The molecule has 1 amide bonds. The molecule has 0 fully saturated rings. The predicted octanol–water partition coefficient (Wildman–Crippen LogP) is 16.0. The van der Waals surface area contributed by atoms with E-state index < -0.39 is 18.2 Å². The van der Waals surface area contributed by atoms with Gasteiger partial charge in [0.2, 0.25) is 5.91 Å². The molecule has 3 N–H and O–H groups in total. The Morgan fingerprint density at radius 2 is 0.871 bits per heavy atom. The van der Waals surface area contributed by atoms with Gasteiger partial charge in [-0.05, 0) is 64.2 Å². The zero-order chi connectivity index (χ0) is 45.2. The molecule has 0 aliphatic heterocycles. The maximum Gasteiger partial charge on any atom is 0.306 e.